The third kappa shape index (κ3) is 6.02. The minimum Gasteiger partial charge on any atom is -0.492 e. The van der Waals surface area contributed by atoms with Gasteiger partial charge in [-0.05, 0) is 42.0 Å². The maximum atomic E-state index is 12.9. The van der Waals surface area contributed by atoms with Crippen LogP contribution in [0, 0.1) is 15.9 Å². The first-order valence-corrected chi connectivity index (χ1v) is 9.64. The number of hydrogen-bond donors (Lipinski definition) is 1. The molecule has 0 bridgehead atoms. The maximum absolute atomic E-state index is 12.9. The SMILES string of the molecule is CN(CCOc1ccc(F)cc1)C(=O)c1ccc(NCc2ccccc2)c([N+](=O)[O-])c1. The summed E-state index contributed by atoms with van der Waals surface area (Å²) >= 11 is 0. The molecule has 3 aromatic carbocycles. The van der Waals surface area contributed by atoms with E-state index >= 15 is 0 Å². The van der Waals surface area contributed by atoms with Crippen LogP contribution in [-0.4, -0.2) is 35.9 Å². The van der Waals surface area contributed by atoms with Gasteiger partial charge in [0.25, 0.3) is 11.6 Å². The number of nitro benzene ring substituents is 1. The van der Waals surface area contributed by atoms with Crippen molar-refractivity contribution in [1.29, 1.82) is 0 Å². The zero-order valence-corrected chi connectivity index (χ0v) is 17.0. The molecule has 0 radical (unpaired) electrons. The van der Waals surface area contributed by atoms with E-state index in [2.05, 4.69) is 5.32 Å². The van der Waals surface area contributed by atoms with Gasteiger partial charge in [0.15, 0.2) is 0 Å². The Labute approximate surface area is 179 Å². The molecule has 3 aromatic rings. The Hall–Kier alpha value is -3.94. The van der Waals surface area contributed by atoms with Crippen molar-refractivity contribution in [2.24, 2.45) is 0 Å². The number of rotatable bonds is 9. The fourth-order valence-corrected chi connectivity index (χ4v) is 2.91. The van der Waals surface area contributed by atoms with E-state index in [0.29, 0.717) is 18.0 Å². The Bertz CT molecular complexity index is 1040. The number of nitro groups is 1. The molecule has 0 atom stereocenters. The summed E-state index contributed by atoms with van der Waals surface area (Å²) in [6.07, 6.45) is 0. The van der Waals surface area contributed by atoms with Gasteiger partial charge in [0.1, 0.15) is 23.9 Å². The van der Waals surface area contributed by atoms with E-state index in [1.807, 2.05) is 30.3 Å². The molecular weight excluding hydrogens is 401 g/mol. The standard InChI is InChI=1S/C23H22FN3O4/c1-26(13-14-31-20-10-8-19(24)9-11-20)23(28)18-7-12-21(22(15-18)27(29)30)25-16-17-5-3-2-4-6-17/h2-12,15,25H,13-14,16H2,1H3. The molecule has 8 heteroatoms. The van der Waals surface area contributed by atoms with Crippen LogP contribution in [0.1, 0.15) is 15.9 Å². The number of anilines is 1. The van der Waals surface area contributed by atoms with Crippen molar-refractivity contribution < 1.29 is 18.8 Å². The zero-order chi connectivity index (χ0) is 22.2. The van der Waals surface area contributed by atoms with Gasteiger partial charge in [-0.2, -0.15) is 0 Å². The van der Waals surface area contributed by atoms with Gasteiger partial charge in [-0.25, -0.2) is 4.39 Å². The summed E-state index contributed by atoms with van der Waals surface area (Å²) in [5, 5.41) is 14.6. The van der Waals surface area contributed by atoms with Crippen molar-refractivity contribution in [2.45, 2.75) is 6.54 Å². The highest BCUT2D eigenvalue weighted by molar-refractivity contribution is 5.95. The quantitative estimate of drug-likeness (QED) is 0.405. The second kappa shape index (κ2) is 10.2. The lowest BCUT2D eigenvalue weighted by Crippen LogP contribution is -2.31. The number of nitrogens with one attached hydrogen (secondary N) is 1. The number of ether oxygens (including phenoxy) is 1. The number of benzene rings is 3. The second-order valence-electron chi connectivity index (χ2n) is 6.86. The molecule has 0 aromatic heterocycles. The van der Waals surface area contributed by atoms with Gasteiger partial charge in [-0.15, -0.1) is 0 Å². The molecule has 0 unspecified atom stereocenters. The lowest BCUT2D eigenvalue weighted by Gasteiger charge is -2.18. The molecule has 0 spiro atoms. The predicted molar refractivity (Wildman–Crippen MR) is 116 cm³/mol. The lowest BCUT2D eigenvalue weighted by atomic mass is 10.1. The van der Waals surface area contributed by atoms with Crippen molar-refractivity contribution in [3.8, 4) is 5.75 Å². The molecule has 1 N–H and O–H groups in total. The van der Waals surface area contributed by atoms with Crippen LogP contribution >= 0.6 is 0 Å². The number of hydrogen-bond acceptors (Lipinski definition) is 5. The van der Waals surface area contributed by atoms with Crippen molar-refractivity contribution in [3.63, 3.8) is 0 Å². The normalized spacial score (nSPS) is 10.4. The van der Waals surface area contributed by atoms with Crippen LogP contribution in [0.3, 0.4) is 0 Å². The predicted octanol–water partition coefficient (Wildman–Crippen LogP) is 4.50. The van der Waals surface area contributed by atoms with Crippen molar-refractivity contribution in [2.75, 3.05) is 25.5 Å². The average Bonchev–Trinajstić information content (AvgIpc) is 2.79. The molecule has 0 saturated carbocycles. The van der Waals surface area contributed by atoms with Crippen molar-refractivity contribution in [3.05, 3.63) is 99.9 Å². The van der Waals surface area contributed by atoms with E-state index in [1.54, 1.807) is 13.1 Å². The number of nitrogens with zero attached hydrogens (tertiary/aromatic N) is 2. The first-order valence-electron chi connectivity index (χ1n) is 9.64. The zero-order valence-electron chi connectivity index (χ0n) is 17.0. The van der Waals surface area contributed by atoms with Crippen LogP contribution in [0.15, 0.2) is 72.8 Å². The van der Waals surface area contributed by atoms with Gasteiger partial charge >= 0.3 is 0 Å². The topological polar surface area (TPSA) is 84.7 Å². The first kappa shape index (κ1) is 21.8. The molecule has 0 aliphatic heterocycles. The van der Waals surface area contributed by atoms with Gasteiger partial charge in [-0.1, -0.05) is 30.3 Å². The minimum absolute atomic E-state index is 0.169. The van der Waals surface area contributed by atoms with E-state index in [1.165, 1.54) is 41.3 Å². The summed E-state index contributed by atoms with van der Waals surface area (Å²) in [6, 6.07) is 19.5. The average molecular weight is 423 g/mol. The molecule has 3 rings (SSSR count). The van der Waals surface area contributed by atoms with Crippen LogP contribution in [-0.2, 0) is 6.54 Å². The molecular formula is C23H22FN3O4. The van der Waals surface area contributed by atoms with Crippen LogP contribution in [0.4, 0.5) is 15.8 Å². The smallest absolute Gasteiger partial charge is 0.293 e. The highest BCUT2D eigenvalue weighted by Gasteiger charge is 2.19. The minimum atomic E-state index is -0.512. The van der Waals surface area contributed by atoms with E-state index in [4.69, 9.17) is 4.74 Å². The van der Waals surface area contributed by atoms with Crippen LogP contribution < -0.4 is 10.1 Å². The number of amides is 1. The Morgan fingerprint density at radius 1 is 1.10 bits per heavy atom. The first-order chi connectivity index (χ1) is 14.9. The van der Waals surface area contributed by atoms with Gasteiger partial charge in [0.05, 0.1) is 11.5 Å². The monoisotopic (exact) mass is 423 g/mol. The lowest BCUT2D eigenvalue weighted by molar-refractivity contribution is -0.384. The third-order valence-corrected chi connectivity index (χ3v) is 4.62. The maximum Gasteiger partial charge on any atom is 0.293 e. The summed E-state index contributed by atoms with van der Waals surface area (Å²) in [5.41, 5.74) is 1.37. The molecule has 0 heterocycles. The van der Waals surface area contributed by atoms with E-state index < -0.39 is 4.92 Å². The Balaban J connectivity index is 1.62. The van der Waals surface area contributed by atoms with Crippen LogP contribution in [0.2, 0.25) is 0 Å². The third-order valence-electron chi connectivity index (χ3n) is 4.62. The summed E-state index contributed by atoms with van der Waals surface area (Å²) < 4.78 is 18.4. The Morgan fingerprint density at radius 2 is 1.81 bits per heavy atom. The molecule has 7 nitrogen and oxygen atoms in total. The number of likely N-dealkylation sites (N-methyl/N-ethyl adjacent to an activating group) is 1. The molecule has 0 aliphatic carbocycles. The highest BCUT2D eigenvalue weighted by Crippen LogP contribution is 2.26. The Morgan fingerprint density at radius 3 is 2.48 bits per heavy atom. The fraction of sp³-hybridized carbons (Fsp3) is 0.174. The molecule has 31 heavy (non-hydrogen) atoms. The fourth-order valence-electron chi connectivity index (χ4n) is 2.91. The highest BCUT2D eigenvalue weighted by atomic mass is 19.1. The molecule has 1 amide bonds. The number of halogens is 1. The van der Waals surface area contributed by atoms with Gasteiger partial charge in [0, 0.05) is 25.2 Å². The van der Waals surface area contributed by atoms with Crippen molar-refractivity contribution >= 4 is 17.3 Å². The van der Waals surface area contributed by atoms with E-state index in [0.717, 1.165) is 5.56 Å². The van der Waals surface area contributed by atoms with Crippen molar-refractivity contribution in [1.82, 2.24) is 4.90 Å². The molecule has 160 valence electrons. The summed E-state index contributed by atoms with van der Waals surface area (Å²) in [4.78, 5) is 25.1. The Kier molecular flexibility index (Phi) is 7.16. The van der Waals surface area contributed by atoms with E-state index in [-0.39, 0.29) is 36.1 Å². The van der Waals surface area contributed by atoms with Gasteiger partial charge in [-0.3, -0.25) is 14.9 Å². The summed E-state index contributed by atoms with van der Waals surface area (Å²) in [7, 11) is 1.59. The molecule has 0 saturated heterocycles. The second-order valence-corrected chi connectivity index (χ2v) is 6.86. The van der Waals surface area contributed by atoms with Crippen LogP contribution in [0.5, 0.6) is 5.75 Å². The summed E-state index contributed by atoms with van der Waals surface area (Å²) in [6.45, 7) is 0.889. The van der Waals surface area contributed by atoms with E-state index in [9.17, 15) is 19.3 Å². The number of carbonyl (C=O) groups is 1. The van der Waals surface area contributed by atoms with Gasteiger partial charge < -0.3 is 15.0 Å². The van der Waals surface area contributed by atoms with Gasteiger partial charge in [0.2, 0.25) is 0 Å². The molecule has 0 aliphatic rings. The largest absolute Gasteiger partial charge is 0.492 e. The number of carbonyl (C=O) groups excluding carboxylic acids is 1. The molecule has 0 fully saturated rings. The van der Waals surface area contributed by atoms with Crippen LogP contribution in [0.25, 0.3) is 0 Å². The summed E-state index contributed by atoms with van der Waals surface area (Å²) in [5.74, 6) is -0.227.